The predicted molar refractivity (Wildman–Crippen MR) is 100 cm³/mol. The van der Waals surface area contributed by atoms with E-state index in [0.717, 1.165) is 16.5 Å². The van der Waals surface area contributed by atoms with Crippen molar-refractivity contribution < 1.29 is 9.59 Å². The van der Waals surface area contributed by atoms with Crippen LogP contribution in [0.2, 0.25) is 0 Å². The average molecular weight is 347 g/mol. The van der Waals surface area contributed by atoms with E-state index < -0.39 is 5.91 Å². The molecular weight excluding hydrogens is 330 g/mol. The van der Waals surface area contributed by atoms with E-state index in [4.69, 9.17) is 5.73 Å². The van der Waals surface area contributed by atoms with E-state index in [1.807, 2.05) is 19.1 Å². The fourth-order valence-electron chi connectivity index (χ4n) is 2.47. The molecule has 26 heavy (non-hydrogen) atoms. The number of nitrogen functional groups attached to an aromatic ring is 1. The van der Waals surface area contributed by atoms with Crippen molar-refractivity contribution >= 4 is 34.1 Å². The monoisotopic (exact) mass is 347 g/mol. The maximum atomic E-state index is 11.8. The molecule has 3 heterocycles. The van der Waals surface area contributed by atoms with Crippen LogP contribution in [0.5, 0.6) is 0 Å². The van der Waals surface area contributed by atoms with Crippen LogP contribution in [-0.4, -0.2) is 26.6 Å². The van der Waals surface area contributed by atoms with E-state index in [0.29, 0.717) is 22.7 Å². The van der Waals surface area contributed by atoms with Gasteiger partial charge in [-0.1, -0.05) is 0 Å². The summed E-state index contributed by atoms with van der Waals surface area (Å²) in [6, 6.07) is 5.48. The van der Waals surface area contributed by atoms with Crippen molar-refractivity contribution in [3.8, 4) is 11.3 Å². The number of aryl methyl sites for hydroxylation is 1. The summed E-state index contributed by atoms with van der Waals surface area (Å²) in [4.78, 5) is 35.5. The zero-order chi connectivity index (χ0) is 18.7. The lowest BCUT2D eigenvalue weighted by Crippen LogP contribution is -2.09. The molecule has 0 atom stereocenters. The number of hydrogen-bond donors (Lipinski definition) is 2. The molecule has 0 bridgehead atoms. The third-order valence-corrected chi connectivity index (χ3v) is 3.78. The first-order chi connectivity index (χ1) is 12.4. The summed E-state index contributed by atoms with van der Waals surface area (Å²) in [5, 5.41) is 4.09. The Morgan fingerprint density at radius 3 is 2.73 bits per heavy atom. The highest BCUT2D eigenvalue weighted by Gasteiger charge is 2.10. The first kappa shape index (κ1) is 17.2. The fraction of sp³-hybridized carbons (Fsp3) is 0.105. The van der Waals surface area contributed by atoms with E-state index in [-0.39, 0.29) is 5.78 Å². The smallest absolute Gasteiger partial charge is 0.249 e. The minimum absolute atomic E-state index is 0.207. The van der Waals surface area contributed by atoms with Crippen LogP contribution >= 0.6 is 0 Å². The summed E-state index contributed by atoms with van der Waals surface area (Å²) < 4.78 is 0. The molecule has 0 aliphatic rings. The van der Waals surface area contributed by atoms with Gasteiger partial charge in [0.25, 0.3) is 0 Å². The minimum Gasteiger partial charge on any atom is -0.383 e. The predicted octanol–water partition coefficient (Wildman–Crippen LogP) is 2.67. The van der Waals surface area contributed by atoms with E-state index in [1.54, 1.807) is 24.7 Å². The molecule has 0 aliphatic heterocycles. The standard InChI is InChI=1S/C19H17N5O2/c1-11-5-6-21-9-14(11)16-7-13-8-17(22-10-15(13)19(20)23-16)24-18(26)4-3-12(2)25/h3-10H,1-2H3,(H2,20,23)(H,22,24,26)/b4-3+. The number of pyridine rings is 3. The van der Waals surface area contributed by atoms with Gasteiger partial charge in [-0.25, -0.2) is 9.97 Å². The van der Waals surface area contributed by atoms with Gasteiger partial charge in [0.05, 0.1) is 5.69 Å². The summed E-state index contributed by atoms with van der Waals surface area (Å²) in [7, 11) is 0. The molecule has 7 nitrogen and oxygen atoms in total. The molecule has 0 aliphatic carbocycles. The number of ketones is 1. The van der Waals surface area contributed by atoms with Crippen LogP contribution in [0.4, 0.5) is 11.6 Å². The largest absolute Gasteiger partial charge is 0.383 e. The van der Waals surface area contributed by atoms with E-state index in [1.165, 1.54) is 19.1 Å². The second kappa shape index (κ2) is 7.10. The number of nitrogens with two attached hydrogens (primary N) is 1. The summed E-state index contributed by atoms with van der Waals surface area (Å²) >= 11 is 0. The Balaban J connectivity index is 1.99. The molecule has 3 N–H and O–H groups in total. The van der Waals surface area contributed by atoms with E-state index >= 15 is 0 Å². The Bertz CT molecular complexity index is 1040. The highest BCUT2D eigenvalue weighted by molar-refractivity contribution is 6.04. The summed E-state index contributed by atoms with van der Waals surface area (Å²) in [5.74, 6) is 0.0668. The Morgan fingerprint density at radius 2 is 2.00 bits per heavy atom. The molecule has 0 radical (unpaired) electrons. The van der Waals surface area contributed by atoms with Gasteiger partial charge < -0.3 is 11.1 Å². The second-order valence-electron chi connectivity index (χ2n) is 5.81. The van der Waals surface area contributed by atoms with Gasteiger partial charge >= 0.3 is 0 Å². The number of carbonyl (C=O) groups is 2. The van der Waals surface area contributed by atoms with Crippen LogP contribution in [0.25, 0.3) is 22.0 Å². The van der Waals surface area contributed by atoms with Crippen LogP contribution in [-0.2, 0) is 9.59 Å². The Hall–Kier alpha value is -3.61. The van der Waals surface area contributed by atoms with Crippen molar-refractivity contribution in [2.24, 2.45) is 0 Å². The molecule has 0 unspecified atom stereocenters. The number of fused-ring (bicyclic) bond motifs is 1. The fourth-order valence-corrected chi connectivity index (χ4v) is 2.47. The van der Waals surface area contributed by atoms with Gasteiger partial charge in [-0.2, -0.15) is 0 Å². The summed E-state index contributed by atoms with van der Waals surface area (Å²) in [5.41, 5.74) is 8.68. The molecule has 1 amide bonds. The Morgan fingerprint density at radius 1 is 1.19 bits per heavy atom. The van der Waals surface area contributed by atoms with Crippen molar-refractivity contribution in [2.45, 2.75) is 13.8 Å². The van der Waals surface area contributed by atoms with Gasteiger partial charge in [0.1, 0.15) is 11.6 Å². The SMILES string of the molecule is CC(=O)/C=C/C(=O)Nc1cc2cc(-c3cnccc3C)nc(N)c2cn1. The summed E-state index contributed by atoms with van der Waals surface area (Å²) in [6.45, 7) is 3.34. The molecule has 7 heteroatoms. The number of nitrogens with zero attached hydrogens (tertiary/aromatic N) is 3. The number of allylic oxidation sites excluding steroid dienone is 1. The molecular formula is C19H17N5O2. The number of aromatic nitrogens is 3. The topological polar surface area (TPSA) is 111 Å². The van der Waals surface area contributed by atoms with Gasteiger partial charge in [-0.15, -0.1) is 0 Å². The number of hydrogen-bond acceptors (Lipinski definition) is 6. The molecule has 3 rings (SSSR count). The number of anilines is 2. The highest BCUT2D eigenvalue weighted by atomic mass is 16.1. The van der Waals surface area contributed by atoms with Crippen molar-refractivity contribution in [3.63, 3.8) is 0 Å². The van der Waals surface area contributed by atoms with Crippen molar-refractivity contribution in [1.82, 2.24) is 15.0 Å². The van der Waals surface area contributed by atoms with Crippen molar-refractivity contribution in [1.29, 1.82) is 0 Å². The zero-order valence-electron chi connectivity index (χ0n) is 14.4. The van der Waals surface area contributed by atoms with Crippen LogP contribution in [0.1, 0.15) is 12.5 Å². The first-order valence-electron chi connectivity index (χ1n) is 7.91. The number of nitrogens with one attached hydrogen (secondary N) is 1. The molecule has 0 fully saturated rings. The van der Waals surface area contributed by atoms with E-state index in [9.17, 15) is 9.59 Å². The lowest BCUT2D eigenvalue weighted by atomic mass is 10.1. The number of rotatable bonds is 4. The van der Waals surface area contributed by atoms with Crippen molar-refractivity contribution in [3.05, 3.63) is 54.5 Å². The van der Waals surface area contributed by atoms with Crippen LogP contribution in [0, 0.1) is 6.92 Å². The van der Waals surface area contributed by atoms with Gasteiger partial charge in [-0.05, 0) is 49.1 Å². The first-order valence-corrected chi connectivity index (χ1v) is 7.91. The quantitative estimate of drug-likeness (QED) is 0.702. The second-order valence-corrected chi connectivity index (χ2v) is 5.81. The van der Waals surface area contributed by atoms with E-state index in [2.05, 4.69) is 20.3 Å². The third-order valence-electron chi connectivity index (χ3n) is 3.78. The van der Waals surface area contributed by atoms with Gasteiger partial charge in [0.2, 0.25) is 5.91 Å². The van der Waals surface area contributed by atoms with Crippen molar-refractivity contribution in [2.75, 3.05) is 11.1 Å². The molecule has 3 aromatic heterocycles. The highest BCUT2D eigenvalue weighted by Crippen LogP contribution is 2.28. The number of carbonyl (C=O) groups excluding carboxylic acids is 2. The molecule has 0 saturated carbocycles. The Labute approximate surface area is 150 Å². The minimum atomic E-state index is -0.433. The molecule has 3 aromatic rings. The lowest BCUT2D eigenvalue weighted by molar-refractivity contribution is -0.114. The lowest BCUT2D eigenvalue weighted by Gasteiger charge is -2.09. The third kappa shape index (κ3) is 3.72. The molecule has 0 spiro atoms. The van der Waals surface area contributed by atoms with Gasteiger partial charge in [-0.3, -0.25) is 14.6 Å². The average Bonchev–Trinajstić information content (AvgIpc) is 2.60. The molecule has 0 saturated heterocycles. The summed E-state index contributed by atoms with van der Waals surface area (Å²) in [6.07, 6.45) is 7.37. The molecule has 130 valence electrons. The number of amides is 1. The maximum Gasteiger partial charge on any atom is 0.249 e. The normalized spacial score (nSPS) is 11.0. The Kier molecular flexibility index (Phi) is 4.70. The van der Waals surface area contributed by atoms with Crippen LogP contribution in [0.3, 0.4) is 0 Å². The van der Waals surface area contributed by atoms with Gasteiger partial charge in [0, 0.05) is 35.6 Å². The molecule has 0 aromatic carbocycles. The van der Waals surface area contributed by atoms with Gasteiger partial charge in [0.15, 0.2) is 5.78 Å². The zero-order valence-corrected chi connectivity index (χ0v) is 14.4. The van der Waals surface area contributed by atoms with Crippen LogP contribution in [0.15, 0.2) is 48.9 Å². The maximum absolute atomic E-state index is 11.8. The van der Waals surface area contributed by atoms with Crippen LogP contribution < -0.4 is 11.1 Å².